The molecule has 5 heteroatoms. The summed E-state index contributed by atoms with van der Waals surface area (Å²) in [5.41, 5.74) is 2.61. The van der Waals surface area contributed by atoms with Gasteiger partial charge in [-0.1, -0.05) is 11.3 Å². The molecule has 0 saturated heterocycles. The molecule has 1 aliphatic carbocycles. The van der Waals surface area contributed by atoms with E-state index in [-0.39, 0.29) is 6.61 Å². The number of nitrogens with zero attached hydrogens (tertiary/aromatic N) is 2. The minimum absolute atomic E-state index is 0.140. The molecule has 0 aromatic carbocycles. The Morgan fingerprint density at radius 3 is 3.11 bits per heavy atom. The van der Waals surface area contributed by atoms with Crippen LogP contribution in [0.2, 0.25) is 0 Å². The first-order valence-electron chi connectivity index (χ1n) is 6.76. The molecule has 1 N–H and O–H groups in total. The Kier molecular flexibility index (Phi) is 2.86. The van der Waals surface area contributed by atoms with Gasteiger partial charge in [0.15, 0.2) is 5.13 Å². The quantitative estimate of drug-likeness (QED) is 0.944. The van der Waals surface area contributed by atoms with E-state index in [4.69, 9.17) is 4.98 Å². The lowest BCUT2D eigenvalue weighted by Crippen LogP contribution is -2.29. The van der Waals surface area contributed by atoms with E-state index in [9.17, 15) is 5.11 Å². The minimum Gasteiger partial charge on any atom is -0.391 e. The van der Waals surface area contributed by atoms with Crippen LogP contribution in [0.15, 0.2) is 11.4 Å². The highest BCUT2D eigenvalue weighted by Crippen LogP contribution is 2.44. The van der Waals surface area contributed by atoms with Crippen molar-refractivity contribution < 1.29 is 5.11 Å². The maximum Gasteiger partial charge on any atom is 0.186 e. The summed E-state index contributed by atoms with van der Waals surface area (Å²) in [4.78, 5) is 9.78. The van der Waals surface area contributed by atoms with E-state index < -0.39 is 0 Å². The summed E-state index contributed by atoms with van der Waals surface area (Å²) in [5.74, 6) is 0.619. The molecule has 19 heavy (non-hydrogen) atoms. The van der Waals surface area contributed by atoms with Gasteiger partial charge in [-0.2, -0.15) is 0 Å². The highest BCUT2D eigenvalue weighted by molar-refractivity contribution is 7.15. The number of anilines is 1. The lowest BCUT2D eigenvalue weighted by molar-refractivity contribution is 0.284. The van der Waals surface area contributed by atoms with E-state index in [0.717, 1.165) is 29.5 Å². The maximum atomic E-state index is 9.49. The van der Waals surface area contributed by atoms with Crippen LogP contribution in [0.25, 0.3) is 0 Å². The van der Waals surface area contributed by atoms with Crippen molar-refractivity contribution >= 4 is 27.8 Å². The molecule has 100 valence electrons. The maximum absolute atomic E-state index is 9.49. The largest absolute Gasteiger partial charge is 0.391 e. The molecule has 2 aliphatic rings. The minimum atomic E-state index is 0.140. The second-order valence-electron chi connectivity index (χ2n) is 5.28. The van der Waals surface area contributed by atoms with Crippen LogP contribution in [0.4, 0.5) is 5.13 Å². The normalized spacial score (nSPS) is 18.7. The first kappa shape index (κ1) is 11.9. The van der Waals surface area contributed by atoms with E-state index in [1.54, 1.807) is 11.3 Å². The van der Waals surface area contributed by atoms with E-state index in [2.05, 4.69) is 16.3 Å². The number of aliphatic hydroxyl groups excluding tert-OH is 1. The van der Waals surface area contributed by atoms with Crippen molar-refractivity contribution in [2.45, 2.75) is 38.3 Å². The van der Waals surface area contributed by atoms with Crippen LogP contribution < -0.4 is 4.90 Å². The molecular weight excluding hydrogens is 276 g/mol. The summed E-state index contributed by atoms with van der Waals surface area (Å²) < 4.78 is 0. The average molecular weight is 292 g/mol. The van der Waals surface area contributed by atoms with Crippen LogP contribution in [-0.4, -0.2) is 16.6 Å². The van der Waals surface area contributed by atoms with Crippen LogP contribution in [0, 0.1) is 0 Å². The summed E-state index contributed by atoms with van der Waals surface area (Å²) in [6, 6.07) is 2.23. The molecule has 0 atom stereocenters. The van der Waals surface area contributed by atoms with E-state index >= 15 is 0 Å². The van der Waals surface area contributed by atoms with Gasteiger partial charge in [-0.25, -0.2) is 4.98 Å². The predicted octanol–water partition coefficient (Wildman–Crippen LogP) is 3.14. The van der Waals surface area contributed by atoms with Gasteiger partial charge in [0.05, 0.1) is 17.2 Å². The van der Waals surface area contributed by atoms with Crippen LogP contribution >= 0.6 is 22.7 Å². The zero-order valence-corrected chi connectivity index (χ0v) is 12.3. The van der Waals surface area contributed by atoms with Gasteiger partial charge in [-0.05, 0) is 36.3 Å². The highest BCUT2D eigenvalue weighted by Gasteiger charge is 2.31. The highest BCUT2D eigenvalue weighted by atomic mass is 32.1. The van der Waals surface area contributed by atoms with Gasteiger partial charge >= 0.3 is 0 Å². The summed E-state index contributed by atoms with van der Waals surface area (Å²) in [5, 5.41) is 12.8. The van der Waals surface area contributed by atoms with Gasteiger partial charge in [-0.3, -0.25) is 0 Å². The van der Waals surface area contributed by atoms with E-state index in [1.165, 1.54) is 29.0 Å². The number of hydrogen-bond acceptors (Lipinski definition) is 5. The van der Waals surface area contributed by atoms with Crippen molar-refractivity contribution in [1.82, 2.24) is 4.98 Å². The zero-order valence-electron chi connectivity index (χ0n) is 10.6. The fraction of sp³-hybridized carbons (Fsp3) is 0.500. The summed E-state index contributed by atoms with van der Waals surface area (Å²) in [6.45, 7) is 2.17. The standard InChI is InChI=1S/C14H16N2OS2/c17-8-12-13(9-1-2-9)15-14(19-12)16-5-3-11-10(7-16)4-6-18-11/h4,6,9,17H,1-3,5,7-8H2. The number of thiophene rings is 1. The Morgan fingerprint density at radius 2 is 2.32 bits per heavy atom. The van der Waals surface area contributed by atoms with Crippen LogP contribution in [0.3, 0.4) is 0 Å². The van der Waals surface area contributed by atoms with Crippen LogP contribution in [-0.2, 0) is 19.6 Å². The average Bonchev–Trinajstić information content (AvgIpc) is 3.03. The first-order chi connectivity index (χ1) is 9.35. The molecule has 0 amide bonds. The molecule has 0 unspecified atom stereocenters. The zero-order chi connectivity index (χ0) is 12.8. The molecule has 3 nitrogen and oxygen atoms in total. The second-order valence-corrected chi connectivity index (χ2v) is 7.34. The summed E-state index contributed by atoms with van der Waals surface area (Å²) in [7, 11) is 0. The molecule has 2 aromatic heterocycles. The molecule has 0 bridgehead atoms. The Hall–Kier alpha value is -0.910. The summed E-state index contributed by atoms with van der Waals surface area (Å²) >= 11 is 3.55. The fourth-order valence-corrected chi connectivity index (χ4v) is 4.61. The third-order valence-corrected chi connectivity index (χ3v) is 6.04. The molecule has 3 heterocycles. The molecular formula is C14H16N2OS2. The Bertz CT molecular complexity index is 600. The Balaban J connectivity index is 1.63. The molecule has 4 rings (SSSR count). The van der Waals surface area contributed by atoms with Gasteiger partial charge in [0.2, 0.25) is 0 Å². The van der Waals surface area contributed by atoms with Crippen molar-refractivity contribution in [1.29, 1.82) is 0 Å². The second kappa shape index (κ2) is 4.58. The van der Waals surface area contributed by atoms with Crippen LogP contribution in [0.1, 0.15) is 39.8 Å². The third kappa shape index (κ3) is 2.10. The molecule has 1 aliphatic heterocycles. The van der Waals surface area contributed by atoms with Crippen molar-refractivity contribution in [3.8, 4) is 0 Å². The molecule has 1 fully saturated rings. The topological polar surface area (TPSA) is 36.4 Å². The van der Waals surface area contributed by atoms with Gasteiger partial charge in [-0.15, -0.1) is 11.3 Å². The van der Waals surface area contributed by atoms with Crippen molar-refractivity contribution in [3.05, 3.63) is 32.5 Å². The number of hydrogen-bond donors (Lipinski definition) is 1. The first-order valence-corrected chi connectivity index (χ1v) is 8.45. The van der Waals surface area contributed by atoms with Crippen LogP contribution in [0.5, 0.6) is 0 Å². The monoisotopic (exact) mass is 292 g/mol. The Morgan fingerprint density at radius 1 is 1.42 bits per heavy atom. The predicted molar refractivity (Wildman–Crippen MR) is 79.1 cm³/mol. The number of aliphatic hydroxyl groups is 1. The SMILES string of the molecule is OCc1sc(N2CCc3sccc3C2)nc1C1CC1. The number of rotatable bonds is 3. The molecule has 1 saturated carbocycles. The number of fused-ring (bicyclic) bond motifs is 1. The molecule has 0 radical (unpaired) electrons. The van der Waals surface area contributed by atoms with Gasteiger partial charge in [0, 0.05) is 23.9 Å². The lowest BCUT2D eigenvalue weighted by atomic mass is 10.1. The number of thiazole rings is 1. The van der Waals surface area contributed by atoms with Crippen molar-refractivity contribution in [3.63, 3.8) is 0 Å². The van der Waals surface area contributed by atoms with Gasteiger partial charge in [0.1, 0.15) is 0 Å². The fourth-order valence-electron chi connectivity index (χ4n) is 2.69. The smallest absolute Gasteiger partial charge is 0.186 e. The molecule has 0 spiro atoms. The Labute approximate surface area is 120 Å². The van der Waals surface area contributed by atoms with Crippen molar-refractivity contribution in [2.75, 3.05) is 11.4 Å². The van der Waals surface area contributed by atoms with E-state index in [1.807, 2.05) is 11.3 Å². The van der Waals surface area contributed by atoms with Crippen molar-refractivity contribution in [2.24, 2.45) is 0 Å². The van der Waals surface area contributed by atoms with Gasteiger partial charge in [0.25, 0.3) is 0 Å². The number of aromatic nitrogens is 1. The third-order valence-electron chi connectivity index (χ3n) is 3.90. The lowest BCUT2D eigenvalue weighted by Gasteiger charge is -2.26. The van der Waals surface area contributed by atoms with E-state index in [0.29, 0.717) is 5.92 Å². The summed E-state index contributed by atoms with van der Waals surface area (Å²) in [6.07, 6.45) is 3.61. The van der Waals surface area contributed by atoms with Gasteiger partial charge < -0.3 is 10.0 Å². The molecule has 2 aromatic rings.